The summed E-state index contributed by atoms with van der Waals surface area (Å²) in [5, 5.41) is 6.58. The van der Waals surface area contributed by atoms with Crippen molar-refractivity contribution in [2.75, 3.05) is 0 Å². The molecule has 0 radical (unpaired) electrons. The zero-order valence-electron chi connectivity index (χ0n) is 20.8. The highest BCUT2D eigenvalue weighted by atomic mass is 28.3. The predicted octanol–water partition coefficient (Wildman–Crippen LogP) is 6.34. The number of aromatic nitrogens is 1. The molecule has 4 aromatic carbocycles. The molecule has 2 heterocycles. The van der Waals surface area contributed by atoms with Crippen LogP contribution in [0, 0.1) is 20.8 Å². The SMILES string of the molecule is Cc1cc2c3c(c(C)c(C)cc3c1)-c1c(c([Si](C)(C)c3ccccc3)c3ccccc3[n+]1C)O2. The molecule has 0 amide bonds. The number of aryl methyl sites for hydroxylation is 3. The first-order valence-corrected chi connectivity index (χ1v) is 15.0. The van der Waals surface area contributed by atoms with E-state index in [0.29, 0.717) is 0 Å². The number of pyridine rings is 1. The van der Waals surface area contributed by atoms with E-state index in [1.54, 1.807) is 0 Å². The van der Waals surface area contributed by atoms with Crippen LogP contribution in [0.4, 0.5) is 0 Å². The van der Waals surface area contributed by atoms with Gasteiger partial charge in [0.2, 0.25) is 5.52 Å². The molecule has 34 heavy (non-hydrogen) atoms. The Balaban J connectivity index is 1.84. The van der Waals surface area contributed by atoms with Gasteiger partial charge in [0.15, 0.2) is 5.75 Å². The van der Waals surface area contributed by atoms with Crippen LogP contribution in [0.1, 0.15) is 16.7 Å². The molecule has 2 nitrogen and oxygen atoms in total. The van der Waals surface area contributed by atoms with Crippen LogP contribution in [0.15, 0.2) is 72.8 Å². The monoisotopic (exact) mass is 460 g/mol. The van der Waals surface area contributed by atoms with Gasteiger partial charge in [-0.05, 0) is 55.0 Å². The van der Waals surface area contributed by atoms with Crippen LogP contribution in [0.3, 0.4) is 0 Å². The van der Waals surface area contributed by atoms with Crippen molar-refractivity contribution in [1.29, 1.82) is 0 Å². The van der Waals surface area contributed by atoms with Crippen molar-refractivity contribution < 1.29 is 9.30 Å². The minimum absolute atomic E-state index is 0.981. The number of nitrogens with zero attached hydrogens (tertiary/aromatic N) is 1. The van der Waals surface area contributed by atoms with Crippen molar-refractivity contribution >= 4 is 40.1 Å². The summed E-state index contributed by atoms with van der Waals surface area (Å²) in [5.41, 5.74) is 7.65. The van der Waals surface area contributed by atoms with E-state index in [4.69, 9.17) is 4.74 Å². The second kappa shape index (κ2) is 7.28. The predicted molar refractivity (Wildman–Crippen MR) is 146 cm³/mol. The Bertz CT molecular complexity index is 1630. The normalized spacial score (nSPS) is 12.6. The van der Waals surface area contributed by atoms with Crippen molar-refractivity contribution in [3.63, 3.8) is 0 Å². The topological polar surface area (TPSA) is 13.1 Å². The number of fused-ring (bicyclic) bond motifs is 3. The maximum Gasteiger partial charge on any atom is 0.256 e. The fourth-order valence-corrected chi connectivity index (χ4v) is 8.80. The fourth-order valence-electron chi connectivity index (χ4n) is 5.87. The van der Waals surface area contributed by atoms with Gasteiger partial charge in [0.25, 0.3) is 5.69 Å². The molecule has 0 atom stereocenters. The van der Waals surface area contributed by atoms with Crippen molar-refractivity contribution in [3.8, 4) is 22.8 Å². The van der Waals surface area contributed by atoms with Gasteiger partial charge < -0.3 is 4.74 Å². The molecule has 0 aliphatic carbocycles. The summed E-state index contributed by atoms with van der Waals surface area (Å²) in [6.07, 6.45) is 0. The van der Waals surface area contributed by atoms with Crippen LogP contribution in [-0.4, -0.2) is 8.07 Å². The van der Waals surface area contributed by atoms with Gasteiger partial charge in [0.05, 0.1) is 5.56 Å². The van der Waals surface area contributed by atoms with Crippen molar-refractivity contribution in [3.05, 3.63) is 89.5 Å². The summed E-state index contributed by atoms with van der Waals surface area (Å²) < 4.78 is 9.32. The molecule has 1 aliphatic heterocycles. The molecule has 168 valence electrons. The van der Waals surface area contributed by atoms with E-state index in [1.165, 1.54) is 60.0 Å². The highest BCUT2D eigenvalue weighted by Gasteiger charge is 2.40. The molecule has 0 bridgehead atoms. The quantitative estimate of drug-likeness (QED) is 0.217. The molecular formula is C31H30NOSi+. The van der Waals surface area contributed by atoms with Crippen LogP contribution < -0.4 is 19.7 Å². The maximum absolute atomic E-state index is 6.97. The first kappa shape index (κ1) is 21.1. The number of ether oxygens (including phenoxy) is 1. The van der Waals surface area contributed by atoms with Gasteiger partial charge in [-0.15, -0.1) is 0 Å². The molecule has 6 rings (SSSR count). The maximum atomic E-state index is 6.97. The number of benzene rings is 4. The lowest BCUT2D eigenvalue weighted by Crippen LogP contribution is -2.55. The number of hydrogen-bond donors (Lipinski definition) is 0. The van der Waals surface area contributed by atoms with E-state index < -0.39 is 8.07 Å². The third-order valence-electron chi connectivity index (χ3n) is 7.75. The molecular weight excluding hydrogens is 430 g/mol. The molecule has 0 N–H and O–H groups in total. The highest BCUT2D eigenvalue weighted by Crippen LogP contribution is 2.48. The summed E-state index contributed by atoms with van der Waals surface area (Å²) in [5.74, 6) is 2.02. The summed E-state index contributed by atoms with van der Waals surface area (Å²) >= 11 is 0. The number of rotatable bonds is 2. The van der Waals surface area contributed by atoms with Crippen LogP contribution in [0.2, 0.25) is 13.1 Å². The standard InChI is InChI=1S/C31H30NOSi/c1-19-16-22-18-20(2)21(3)27-28(22)26(17-19)33-30-29(27)32(4)25-15-11-10-14-24(25)31(30)34(5,6)23-12-8-7-9-13-23/h7-18H,1-6H3/q+1. The van der Waals surface area contributed by atoms with Gasteiger partial charge in [-0.25, -0.2) is 0 Å². The molecule has 1 aliphatic rings. The van der Waals surface area contributed by atoms with Gasteiger partial charge >= 0.3 is 0 Å². The summed E-state index contributed by atoms with van der Waals surface area (Å²) in [6.45, 7) is 11.6. The molecule has 0 saturated carbocycles. The molecule has 0 saturated heterocycles. The third kappa shape index (κ3) is 2.83. The molecule has 1 aromatic heterocycles. The molecule has 0 spiro atoms. The lowest BCUT2D eigenvalue weighted by atomic mass is 9.89. The Morgan fingerprint density at radius 3 is 2.29 bits per heavy atom. The summed E-state index contributed by atoms with van der Waals surface area (Å²) in [6, 6.07) is 26.6. The zero-order chi connectivity index (χ0) is 23.8. The van der Waals surface area contributed by atoms with Gasteiger partial charge in [0.1, 0.15) is 20.9 Å². The van der Waals surface area contributed by atoms with E-state index in [0.717, 1.165) is 11.5 Å². The largest absolute Gasteiger partial charge is 0.450 e. The summed E-state index contributed by atoms with van der Waals surface area (Å²) in [7, 11) is 0.0831. The Labute approximate surface area is 202 Å². The second-order valence-electron chi connectivity index (χ2n) is 10.3. The average Bonchev–Trinajstić information content (AvgIpc) is 2.82. The summed E-state index contributed by atoms with van der Waals surface area (Å²) in [4.78, 5) is 0. The average molecular weight is 461 g/mol. The Morgan fingerprint density at radius 2 is 1.53 bits per heavy atom. The van der Waals surface area contributed by atoms with Gasteiger partial charge in [0, 0.05) is 22.0 Å². The van der Waals surface area contributed by atoms with Crippen LogP contribution >= 0.6 is 0 Å². The number of hydrogen-bond acceptors (Lipinski definition) is 1. The minimum Gasteiger partial charge on any atom is -0.450 e. The Morgan fingerprint density at radius 1 is 0.824 bits per heavy atom. The number of para-hydroxylation sites is 1. The minimum atomic E-state index is -2.11. The Hall–Kier alpha value is -3.43. The molecule has 0 fully saturated rings. The van der Waals surface area contributed by atoms with Crippen molar-refractivity contribution in [2.24, 2.45) is 7.05 Å². The van der Waals surface area contributed by atoms with E-state index >= 15 is 0 Å². The highest BCUT2D eigenvalue weighted by molar-refractivity contribution is 7.02. The van der Waals surface area contributed by atoms with Crippen molar-refractivity contribution in [2.45, 2.75) is 33.9 Å². The first-order valence-electron chi connectivity index (χ1n) is 12.0. The van der Waals surface area contributed by atoms with Gasteiger partial charge in [-0.3, -0.25) is 0 Å². The van der Waals surface area contributed by atoms with Gasteiger partial charge in [-0.2, -0.15) is 4.57 Å². The van der Waals surface area contributed by atoms with Crippen LogP contribution in [0.5, 0.6) is 11.5 Å². The third-order valence-corrected chi connectivity index (χ3v) is 11.3. The van der Waals surface area contributed by atoms with E-state index in [-0.39, 0.29) is 0 Å². The lowest BCUT2D eigenvalue weighted by Gasteiger charge is -2.31. The second-order valence-corrected chi connectivity index (χ2v) is 14.6. The van der Waals surface area contributed by atoms with E-state index in [1.807, 2.05) is 0 Å². The van der Waals surface area contributed by atoms with Gasteiger partial charge in [-0.1, -0.05) is 72.9 Å². The van der Waals surface area contributed by atoms with E-state index in [9.17, 15) is 0 Å². The van der Waals surface area contributed by atoms with Crippen LogP contribution in [0.25, 0.3) is 32.9 Å². The molecule has 3 heteroatoms. The van der Waals surface area contributed by atoms with Crippen molar-refractivity contribution in [1.82, 2.24) is 0 Å². The first-order chi connectivity index (χ1) is 16.3. The fraction of sp³-hybridized carbons (Fsp3) is 0.194. The van der Waals surface area contributed by atoms with E-state index in [2.05, 4.69) is 118 Å². The molecule has 0 unspecified atom stereocenters. The zero-order valence-corrected chi connectivity index (χ0v) is 21.8. The Kier molecular flexibility index (Phi) is 4.52. The molecule has 5 aromatic rings. The lowest BCUT2D eigenvalue weighted by molar-refractivity contribution is -0.633. The smallest absolute Gasteiger partial charge is 0.256 e. The van der Waals surface area contributed by atoms with Crippen LogP contribution in [-0.2, 0) is 7.05 Å².